The lowest BCUT2D eigenvalue weighted by molar-refractivity contribution is -0.144. The highest BCUT2D eigenvalue weighted by Gasteiger charge is 2.42. The zero-order valence-corrected chi connectivity index (χ0v) is 14.9. The Hall–Kier alpha value is -1.93. The number of aromatic nitrogens is 1. The van der Waals surface area contributed by atoms with Gasteiger partial charge in [-0.1, -0.05) is 0 Å². The van der Waals surface area contributed by atoms with Crippen molar-refractivity contribution in [3.05, 3.63) is 17.8 Å². The molecule has 138 valence electrons. The van der Waals surface area contributed by atoms with Gasteiger partial charge in [0.1, 0.15) is 12.8 Å². The Kier molecular flexibility index (Phi) is 5.10. The zero-order valence-electron chi connectivity index (χ0n) is 14.9. The predicted octanol–water partition coefficient (Wildman–Crippen LogP) is 0.566. The fourth-order valence-corrected chi connectivity index (χ4v) is 3.95. The maximum Gasteiger partial charge on any atom is 0.323 e. The number of piperazine rings is 1. The smallest absolute Gasteiger partial charge is 0.323 e. The number of carbonyl (C=O) groups excluding carboxylic acids is 1. The van der Waals surface area contributed by atoms with Crippen molar-refractivity contribution in [2.45, 2.75) is 38.3 Å². The summed E-state index contributed by atoms with van der Waals surface area (Å²) in [4.78, 5) is 33.8. The molecule has 1 atom stereocenters. The fraction of sp³-hybridized carbons (Fsp3) is 0.706. The second-order valence-electron chi connectivity index (χ2n) is 7.17. The topological polar surface area (TPSA) is 90.1 Å². The molecule has 8 heteroatoms. The van der Waals surface area contributed by atoms with E-state index in [1.54, 1.807) is 6.26 Å². The van der Waals surface area contributed by atoms with Crippen LogP contribution in [0.1, 0.15) is 30.8 Å². The van der Waals surface area contributed by atoms with Crippen LogP contribution in [0.15, 0.2) is 10.7 Å². The molecule has 0 aromatic carbocycles. The van der Waals surface area contributed by atoms with Crippen molar-refractivity contribution in [1.29, 1.82) is 0 Å². The highest BCUT2D eigenvalue weighted by molar-refractivity contribution is 5.81. The van der Waals surface area contributed by atoms with E-state index in [0.717, 1.165) is 44.7 Å². The van der Waals surface area contributed by atoms with Gasteiger partial charge in [0.2, 0.25) is 5.91 Å². The Morgan fingerprint density at radius 3 is 2.84 bits per heavy atom. The number of hydrogen-bond acceptors (Lipinski definition) is 6. The first-order chi connectivity index (χ1) is 11.9. The number of aryl methyl sites for hydroxylation is 1. The van der Waals surface area contributed by atoms with Crippen LogP contribution in [-0.2, 0) is 16.1 Å². The van der Waals surface area contributed by atoms with Gasteiger partial charge in [-0.3, -0.25) is 19.4 Å². The van der Waals surface area contributed by atoms with Crippen LogP contribution in [0.25, 0.3) is 0 Å². The summed E-state index contributed by atoms with van der Waals surface area (Å²) in [7, 11) is 2.11. The van der Waals surface area contributed by atoms with Crippen molar-refractivity contribution in [2.24, 2.45) is 0 Å². The van der Waals surface area contributed by atoms with E-state index >= 15 is 0 Å². The minimum absolute atomic E-state index is 0.0584. The molecule has 2 aliphatic rings. The molecule has 0 aliphatic carbocycles. The van der Waals surface area contributed by atoms with Gasteiger partial charge in [-0.05, 0) is 19.9 Å². The van der Waals surface area contributed by atoms with Crippen LogP contribution in [0, 0.1) is 6.92 Å². The highest BCUT2D eigenvalue weighted by Crippen LogP contribution is 2.32. The summed E-state index contributed by atoms with van der Waals surface area (Å²) >= 11 is 0. The molecule has 1 aromatic rings. The lowest BCUT2D eigenvalue weighted by Gasteiger charge is -2.49. The van der Waals surface area contributed by atoms with Crippen molar-refractivity contribution in [3.63, 3.8) is 0 Å². The van der Waals surface area contributed by atoms with Crippen molar-refractivity contribution < 1.29 is 19.1 Å². The molecule has 2 aliphatic heterocycles. The average molecular weight is 350 g/mol. The highest BCUT2D eigenvalue weighted by atomic mass is 16.4. The van der Waals surface area contributed by atoms with Crippen LogP contribution in [-0.4, -0.2) is 82.0 Å². The lowest BCUT2D eigenvalue weighted by Crippen LogP contribution is -2.60. The number of carboxylic acids is 1. The maximum absolute atomic E-state index is 12.3. The third kappa shape index (κ3) is 4.01. The van der Waals surface area contributed by atoms with Crippen LogP contribution in [0.5, 0.6) is 0 Å². The van der Waals surface area contributed by atoms with E-state index in [1.807, 2.05) is 6.92 Å². The monoisotopic (exact) mass is 350 g/mol. The van der Waals surface area contributed by atoms with Gasteiger partial charge in [0, 0.05) is 51.6 Å². The largest absolute Gasteiger partial charge is 0.480 e. The number of likely N-dealkylation sites (tertiary alicyclic amines) is 1. The van der Waals surface area contributed by atoms with E-state index in [4.69, 9.17) is 9.52 Å². The molecule has 3 heterocycles. The van der Waals surface area contributed by atoms with Gasteiger partial charge in [0.05, 0.1) is 5.69 Å². The molecule has 1 amide bonds. The minimum atomic E-state index is -0.954. The van der Waals surface area contributed by atoms with Gasteiger partial charge < -0.3 is 14.4 Å². The van der Waals surface area contributed by atoms with Crippen molar-refractivity contribution in [1.82, 2.24) is 19.7 Å². The van der Waals surface area contributed by atoms with Gasteiger partial charge in [0.25, 0.3) is 0 Å². The third-order valence-electron chi connectivity index (χ3n) is 5.46. The van der Waals surface area contributed by atoms with Crippen LogP contribution in [0.2, 0.25) is 0 Å². The summed E-state index contributed by atoms with van der Waals surface area (Å²) in [5.41, 5.74) is 0.828. The van der Waals surface area contributed by atoms with Crippen LogP contribution in [0.3, 0.4) is 0 Å². The molecule has 25 heavy (non-hydrogen) atoms. The Labute approximate surface area is 147 Å². The van der Waals surface area contributed by atoms with E-state index in [2.05, 4.69) is 21.8 Å². The van der Waals surface area contributed by atoms with E-state index in [9.17, 15) is 9.59 Å². The first kappa shape index (κ1) is 17.9. The first-order valence-electron chi connectivity index (χ1n) is 8.72. The van der Waals surface area contributed by atoms with Crippen LogP contribution < -0.4 is 0 Å². The predicted molar refractivity (Wildman–Crippen MR) is 89.9 cm³/mol. The summed E-state index contributed by atoms with van der Waals surface area (Å²) in [5.74, 6) is -0.343. The van der Waals surface area contributed by atoms with E-state index in [-0.39, 0.29) is 18.0 Å². The number of aliphatic carboxylic acids is 1. The number of amides is 1. The van der Waals surface area contributed by atoms with Gasteiger partial charge in [0.15, 0.2) is 5.89 Å². The van der Waals surface area contributed by atoms with Gasteiger partial charge in [-0.2, -0.15) is 0 Å². The molecule has 0 bridgehead atoms. The van der Waals surface area contributed by atoms with Crippen LogP contribution >= 0.6 is 0 Å². The Balaban J connectivity index is 1.69. The van der Waals surface area contributed by atoms with Gasteiger partial charge >= 0.3 is 5.97 Å². The maximum atomic E-state index is 12.3. The Morgan fingerprint density at radius 1 is 1.36 bits per heavy atom. The molecule has 1 spiro atoms. The van der Waals surface area contributed by atoms with Gasteiger partial charge in [-0.25, -0.2) is 4.98 Å². The summed E-state index contributed by atoms with van der Waals surface area (Å²) in [6.45, 7) is 5.57. The second kappa shape index (κ2) is 7.13. The molecule has 0 radical (unpaired) electrons. The lowest BCUT2D eigenvalue weighted by atomic mass is 9.86. The van der Waals surface area contributed by atoms with Crippen LogP contribution in [0.4, 0.5) is 0 Å². The number of likely N-dealkylation sites (N-methyl/N-ethyl adjacent to an activating group) is 1. The third-order valence-corrected chi connectivity index (χ3v) is 5.46. The molecule has 0 saturated carbocycles. The number of carboxylic acid groups (broad SMARTS) is 1. The van der Waals surface area contributed by atoms with Crippen molar-refractivity contribution >= 4 is 11.9 Å². The molecule has 1 aromatic heterocycles. The van der Waals surface area contributed by atoms with Gasteiger partial charge in [-0.15, -0.1) is 0 Å². The Bertz CT molecular complexity index is 646. The summed E-state index contributed by atoms with van der Waals surface area (Å²) < 4.78 is 5.29. The molecular formula is C17H26N4O4. The summed E-state index contributed by atoms with van der Waals surface area (Å²) in [6, 6.07) is 0. The number of oxazole rings is 1. The van der Waals surface area contributed by atoms with E-state index in [1.165, 1.54) is 4.90 Å². The Morgan fingerprint density at radius 2 is 2.16 bits per heavy atom. The van der Waals surface area contributed by atoms with E-state index < -0.39 is 5.97 Å². The van der Waals surface area contributed by atoms with Crippen molar-refractivity contribution in [2.75, 3.05) is 39.8 Å². The first-order valence-corrected chi connectivity index (χ1v) is 8.72. The molecule has 2 fully saturated rings. The molecule has 2 saturated heterocycles. The molecule has 8 nitrogen and oxygen atoms in total. The molecular weight excluding hydrogens is 324 g/mol. The number of carbonyl (C=O) groups is 2. The number of rotatable bonds is 4. The molecule has 1 unspecified atom stereocenters. The summed E-state index contributed by atoms with van der Waals surface area (Å²) in [5, 5.41) is 9.01. The molecule has 1 N–H and O–H groups in total. The summed E-state index contributed by atoms with van der Waals surface area (Å²) in [6.07, 6.45) is 3.64. The zero-order chi connectivity index (χ0) is 18.0. The second-order valence-corrected chi connectivity index (χ2v) is 7.17. The average Bonchev–Trinajstić information content (AvgIpc) is 2.90. The fourth-order valence-electron chi connectivity index (χ4n) is 3.95. The minimum Gasteiger partial charge on any atom is -0.480 e. The normalized spacial score (nSPS) is 26.2. The number of hydrogen-bond donors (Lipinski definition) is 1. The SMILES string of the molecule is Cc1nc(CN2CCN(C)C3(CCC(=O)N(CC(=O)O)CC3)C2)co1. The van der Waals surface area contributed by atoms with E-state index in [0.29, 0.717) is 18.9 Å². The number of nitrogens with zero attached hydrogens (tertiary/aromatic N) is 4. The quantitative estimate of drug-likeness (QED) is 0.849. The van der Waals surface area contributed by atoms with Crippen molar-refractivity contribution in [3.8, 4) is 0 Å². The molecule has 3 rings (SSSR count). The standard InChI is InChI=1S/C17H26N4O4/c1-13-18-14(11-25-13)9-20-8-7-19(2)17(12-20)4-3-15(22)21(6-5-17)10-16(23)24/h11H,3-10,12H2,1-2H3,(H,23,24).